The molecule has 1 aromatic carbocycles. The number of benzene rings is 1. The van der Waals surface area contributed by atoms with Crippen LogP contribution in [-0.4, -0.2) is 33.9 Å². The molecular formula is C13H19NO3S. The van der Waals surface area contributed by atoms with Crippen molar-refractivity contribution in [1.29, 1.82) is 0 Å². The van der Waals surface area contributed by atoms with Crippen molar-refractivity contribution in [1.82, 2.24) is 5.32 Å². The summed E-state index contributed by atoms with van der Waals surface area (Å²) in [6.07, 6.45) is 2.03. The Kier molecular flexibility index (Phi) is 4.24. The van der Waals surface area contributed by atoms with E-state index in [1.54, 1.807) is 31.4 Å². The van der Waals surface area contributed by atoms with Crippen LogP contribution in [0.15, 0.2) is 24.3 Å². The zero-order chi connectivity index (χ0) is 13.0. The van der Waals surface area contributed by atoms with Crippen LogP contribution in [0.2, 0.25) is 0 Å². The number of ether oxygens (including phenoxy) is 1. The fourth-order valence-electron chi connectivity index (χ4n) is 2.24. The van der Waals surface area contributed by atoms with Gasteiger partial charge in [0.2, 0.25) is 0 Å². The largest absolute Gasteiger partial charge is 0.497 e. The number of methoxy groups -OCH3 is 1. The van der Waals surface area contributed by atoms with E-state index in [0.29, 0.717) is 0 Å². The van der Waals surface area contributed by atoms with Crippen molar-refractivity contribution in [2.45, 2.75) is 24.6 Å². The zero-order valence-electron chi connectivity index (χ0n) is 10.6. The molecule has 1 unspecified atom stereocenters. The highest BCUT2D eigenvalue weighted by molar-refractivity contribution is 7.90. The fraction of sp³-hybridized carbons (Fsp3) is 0.538. The highest BCUT2D eigenvalue weighted by atomic mass is 32.2. The van der Waals surface area contributed by atoms with Crippen LogP contribution in [0.4, 0.5) is 0 Å². The molecule has 18 heavy (non-hydrogen) atoms. The molecule has 4 nitrogen and oxygen atoms in total. The summed E-state index contributed by atoms with van der Waals surface area (Å²) in [4.78, 5) is 0. The normalized spacial score (nSPS) is 19.9. The van der Waals surface area contributed by atoms with Gasteiger partial charge in [0.25, 0.3) is 0 Å². The Morgan fingerprint density at radius 3 is 2.61 bits per heavy atom. The summed E-state index contributed by atoms with van der Waals surface area (Å²) in [5.74, 6) is 1.09. The lowest BCUT2D eigenvalue weighted by atomic mass is 10.2. The molecule has 1 aliphatic heterocycles. The third kappa shape index (κ3) is 3.71. The van der Waals surface area contributed by atoms with Gasteiger partial charge in [0.1, 0.15) is 5.75 Å². The quantitative estimate of drug-likeness (QED) is 0.877. The summed E-state index contributed by atoms with van der Waals surface area (Å²) >= 11 is 0. The van der Waals surface area contributed by atoms with Crippen molar-refractivity contribution in [3.63, 3.8) is 0 Å². The van der Waals surface area contributed by atoms with Crippen LogP contribution in [-0.2, 0) is 15.6 Å². The molecule has 0 spiro atoms. The van der Waals surface area contributed by atoms with Gasteiger partial charge in [-0.25, -0.2) is 8.42 Å². The Balaban J connectivity index is 1.97. The molecule has 1 atom stereocenters. The Labute approximate surface area is 108 Å². The van der Waals surface area contributed by atoms with Crippen LogP contribution in [0.5, 0.6) is 5.75 Å². The standard InChI is InChI=1S/C13H19NO3S/c1-17-13-6-4-11(5-7-13)9-18(15,16)10-12-3-2-8-14-12/h4-7,12,14H,2-3,8-10H2,1H3. The smallest absolute Gasteiger partial charge is 0.155 e. The molecule has 1 aromatic rings. The third-order valence-electron chi connectivity index (χ3n) is 3.16. The van der Waals surface area contributed by atoms with Gasteiger partial charge in [-0.3, -0.25) is 0 Å². The molecule has 0 aliphatic carbocycles. The number of hydrogen-bond acceptors (Lipinski definition) is 4. The van der Waals surface area contributed by atoms with E-state index in [1.165, 1.54) is 0 Å². The monoisotopic (exact) mass is 269 g/mol. The van der Waals surface area contributed by atoms with Crippen molar-refractivity contribution in [3.8, 4) is 5.75 Å². The maximum absolute atomic E-state index is 12.0. The molecule has 1 fully saturated rings. The molecule has 0 radical (unpaired) electrons. The van der Waals surface area contributed by atoms with Crippen molar-refractivity contribution >= 4 is 9.84 Å². The molecule has 1 N–H and O–H groups in total. The average molecular weight is 269 g/mol. The summed E-state index contributed by atoms with van der Waals surface area (Å²) in [7, 11) is -1.45. The van der Waals surface area contributed by atoms with Crippen LogP contribution in [0.25, 0.3) is 0 Å². The average Bonchev–Trinajstić information content (AvgIpc) is 2.81. The summed E-state index contributed by atoms with van der Waals surface area (Å²) in [5, 5.41) is 3.22. The van der Waals surface area contributed by atoms with Gasteiger partial charge in [-0.1, -0.05) is 12.1 Å². The third-order valence-corrected chi connectivity index (χ3v) is 4.85. The van der Waals surface area contributed by atoms with E-state index in [9.17, 15) is 8.42 Å². The second-order valence-electron chi connectivity index (χ2n) is 4.70. The lowest BCUT2D eigenvalue weighted by molar-refractivity contribution is 0.414. The molecule has 1 heterocycles. The molecule has 5 heteroatoms. The Bertz CT molecular complexity index is 475. The van der Waals surface area contributed by atoms with E-state index < -0.39 is 9.84 Å². The summed E-state index contributed by atoms with van der Waals surface area (Å²) in [5.41, 5.74) is 0.814. The van der Waals surface area contributed by atoms with E-state index in [-0.39, 0.29) is 17.5 Å². The molecule has 0 aromatic heterocycles. The first kappa shape index (κ1) is 13.4. The van der Waals surface area contributed by atoms with Gasteiger partial charge in [-0.05, 0) is 37.1 Å². The van der Waals surface area contributed by atoms with Crippen molar-refractivity contribution in [3.05, 3.63) is 29.8 Å². The van der Waals surface area contributed by atoms with E-state index >= 15 is 0 Å². The van der Waals surface area contributed by atoms with E-state index in [2.05, 4.69) is 5.32 Å². The number of sulfone groups is 1. The summed E-state index contributed by atoms with van der Waals surface area (Å²) in [6.45, 7) is 0.933. The van der Waals surface area contributed by atoms with Crippen molar-refractivity contribution in [2.75, 3.05) is 19.4 Å². The maximum atomic E-state index is 12.0. The summed E-state index contributed by atoms with van der Waals surface area (Å²) < 4.78 is 29.1. The van der Waals surface area contributed by atoms with Crippen LogP contribution < -0.4 is 10.1 Å². The predicted octanol–water partition coefficient (Wildman–Crippen LogP) is 1.36. The first-order chi connectivity index (χ1) is 8.59. The van der Waals surface area contributed by atoms with Gasteiger partial charge in [0, 0.05) is 6.04 Å². The second kappa shape index (κ2) is 5.71. The Hall–Kier alpha value is -1.07. The number of rotatable bonds is 5. The zero-order valence-corrected chi connectivity index (χ0v) is 11.4. The van der Waals surface area contributed by atoms with Gasteiger partial charge in [0.15, 0.2) is 9.84 Å². The minimum atomic E-state index is -3.04. The van der Waals surface area contributed by atoms with Gasteiger partial charge < -0.3 is 10.1 Å². The van der Waals surface area contributed by atoms with E-state index in [4.69, 9.17) is 4.74 Å². The van der Waals surface area contributed by atoms with E-state index in [1.807, 2.05) is 0 Å². The highest BCUT2D eigenvalue weighted by Crippen LogP contribution is 2.15. The molecule has 0 bridgehead atoms. The molecule has 2 rings (SSSR count). The van der Waals surface area contributed by atoms with Crippen LogP contribution in [0.1, 0.15) is 18.4 Å². The van der Waals surface area contributed by atoms with Gasteiger partial charge in [0.05, 0.1) is 18.6 Å². The van der Waals surface area contributed by atoms with Crippen LogP contribution in [0, 0.1) is 0 Å². The number of nitrogens with one attached hydrogen (secondary N) is 1. The maximum Gasteiger partial charge on any atom is 0.155 e. The van der Waals surface area contributed by atoms with Gasteiger partial charge in [-0.15, -0.1) is 0 Å². The SMILES string of the molecule is COc1ccc(CS(=O)(=O)CC2CCCN2)cc1. The number of hydrogen-bond donors (Lipinski definition) is 1. The summed E-state index contributed by atoms with van der Waals surface area (Å²) in [6, 6.07) is 7.32. The molecule has 1 aliphatic rings. The predicted molar refractivity (Wildman–Crippen MR) is 71.5 cm³/mol. The van der Waals surface area contributed by atoms with Crippen molar-refractivity contribution < 1.29 is 13.2 Å². The van der Waals surface area contributed by atoms with Crippen LogP contribution in [0.3, 0.4) is 0 Å². The van der Waals surface area contributed by atoms with Gasteiger partial charge >= 0.3 is 0 Å². The van der Waals surface area contributed by atoms with E-state index in [0.717, 1.165) is 30.7 Å². The Morgan fingerprint density at radius 2 is 2.06 bits per heavy atom. The Morgan fingerprint density at radius 1 is 1.33 bits per heavy atom. The lowest BCUT2D eigenvalue weighted by Crippen LogP contribution is -2.30. The van der Waals surface area contributed by atoms with Crippen molar-refractivity contribution in [2.24, 2.45) is 0 Å². The van der Waals surface area contributed by atoms with Gasteiger partial charge in [-0.2, -0.15) is 0 Å². The molecule has 0 saturated carbocycles. The lowest BCUT2D eigenvalue weighted by Gasteiger charge is -2.11. The molecule has 100 valence electrons. The fourth-order valence-corrected chi connectivity index (χ4v) is 3.96. The topological polar surface area (TPSA) is 55.4 Å². The minimum Gasteiger partial charge on any atom is -0.497 e. The second-order valence-corrected chi connectivity index (χ2v) is 6.81. The molecule has 0 amide bonds. The molecule has 1 saturated heterocycles. The first-order valence-electron chi connectivity index (χ1n) is 6.16. The minimum absolute atomic E-state index is 0.106. The highest BCUT2D eigenvalue weighted by Gasteiger charge is 2.22. The first-order valence-corrected chi connectivity index (χ1v) is 7.98. The molecular weight excluding hydrogens is 250 g/mol. The van der Waals surface area contributed by atoms with Crippen LogP contribution >= 0.6 is 0 Å².